The van der Waals surface area contributed by atoms with Crippen LogP contribution in [0.15, 0.2) is 47.9 Å². The number of ether oxygens (including phenoxy) is 1. The molecule has 0 aromatic heterocycles. The van der Waals surface area contributed by atoms with Gasteiger partial charge in [-0.25, -0.2) is 0 Å². The van der Waals surface area contributed by atoms with Crippen molar-refractivity contribution in [1.29, 1.82) is 0 Å². The molecule has 1 rings (SSSR count). The van der Waals surface area contributed by atoms with Gasteiger partial charge >= 0.3 is 0 Å². The number of allylic oxidation sites excluding steroid dienone is 4. The van der Waals surface area contributed by atoms with E-state index >= 15 is 0 Å². The van der Waals surface area contributed by atoms with Crippen molar-refractivity contribution in [2.75, 3.05) is 7.05 Å². The Labute approximate surface area is 104 Å². The molecule has 0 atom stereocenters. The predicted octanol–water partition coefficient (Wildman–Crippen LogP) is 3.54. The zero-order valence-electron chi connectivity index (χ0n) is 11.1. The van der Waals surface area contributed by atoms with Crippen molar-refractivity contribution in [2.24, 2.45) is 0 Å². The van der Waals surface area contributed by atoms with Crippen molar-refractivity contribution in [1.82, 2.24) is 5.32 Å². The molecule has 0 bridgehead atoms. The first-order valence-electron chi connectivity index (χ1n) is 5.83. The summed E-state index contributed by atoms with van der Waals surface area (Å²) in [7, 11) is 1.90. The molecule has 0 radical (unpaired) electrons. The fraction of sp³-hybridized carbons (Fsp3) is 0.333. The lowest BCUT2D eigenvalue weighted by atomic mass is 10.2. The number of nitrogens with one attached hydrogen (secondary N) is 1. The molecule has 2 nitrogen and oxygen atoms in total. The Bertz CT molecular complexity index is 401. The highest BCUT2D eigenvalue weighted by atomic mass is 16.5. The maximum absolute atomic E-state index is 5.65. The lowest BCUT2D eigenvalue weighted by Crippen LogP contribution is -2.00. The predicted molar refractivity (Wildman–Crippen MR) is 72.5 cm³/mol. The fourth-order valence-electron chi connectivity index (χ4n) is 1.26. The van der Waals surface area contributed by atoms with Crippen molar-refractivity contribution in [3.05, 3.63) is 59.0 Å². The van der Waals surface area contributed by atoms with Crippen molar-refractivity contribution < 1.29 is 4.74 Å². The number of hydrogen-bond acceptors (Lipinski definition) is 2. The van der Waals surface area contributed by atoms with Gasteiger partial charge in [0, 0.05) is 12.7 Å². The topological polar surface area (TPSA) is 21.3 Å². The van der Waals surface area contributed by atoms with E-state index in [1.54, 1.807) is 0 Å². The first-order valence-corrected chi connectivity index (χ1v) is 5.83. The summed E-state index contributed by atoms with van der Waals surface area (Å²) in [5.41, 5.74) is 3.58. The Morgan fingerprint density at radius 2 is 1.82 bits per heavy atom. The molecule has 1 aromatic carbocycles. The zero-order valence-corrected chi connectivity index (χ0v) is 11.1. The molecule has 17 heavy (non-hydrogen) atoms. The van der Waals surface area contributed by atoms with Crippen LogP contribution in [-0.4, -0.2) is 7.05 Å². The monoisotopic (exact) mass is 231 g/mol. The lowest BCUT2D eigenvalue weighted by Gasteiger charge is -2.06. The average molecular weight is 231 g/mol. The largest absolute Gasteiger partial charge is 0.494 e. The molecule has 0 aliphatic heterocycles. The molecule has 0 saturated carbocycles. The molecular formula is C15H21NO. The standard InChI is InChI=1S/C15H21NO/c1-12-5-9-15(10-6-12)11-17-14(3)8-7-13(2)16-4/h5-10,16H,11H2,1-4H3/b13-7+,14-8+. The molecule has 0 aliphatic carbocycles. The molecular weight excluding hydrogens is 210 g/mol. The molecule has 0 saturated heterocycles. The highest BCUT2D eigenvalue weighted by Crippen LogP contribution is 2.07. The summed E-state index contributed by atoms with van der Waals surface area (Å²) in [6.45, 7) is 6.69. The second-order valence-corrected chi connectivity index (χ2v) is 4.15. The number of aryl methyl sites for hydroxylation is 1. The van der Waals surface area contributed by atoms with E-state index in [4.69, 9.17) is 4.74 Å². The van der Waals surface area contributed by atoms with Crippen molar-refractivity contribution in [3.8, 4) is 0 Å². The normalized spacial score (nSPS) is 12.5. The molecule has 0 unspecified atom stereocenters. The van der Waals surface area contributed by atoms with E-state index in [-0.39, 0.29) is 0 Å². The molecule has 0 aliphatic rings. The Hall–Kier alpha value is -1.70. The van der Waals surface area contributed by atoms with Gasteiger partial charge in [0.1, 0.15) is 6.61 Å². The maximum atomic E-state index is 5.65. The van der Waals surface area contributed by atoms with Gasteiger partial charge in [-0.05, 0) is 38.5 Å². The van der Waals surface area contributed by atoms with E-state index in [1.165, 1.54) is 11.1 Å². The molecule has 0 spiro atoms. The van der Waals surface area contributed by atoms with Gasteiger partial charge < -0.3 is 10.1 Å². The summed E-state index contributed by atoms with van der Waals surface area (Å²) in [6.07, 6.45) is 3.98. The smallest absolute Gasteiger partial charge is 0.113 e. The van der Waals surface area contributed by atoms with E-state index in [9.17, 15) is 0 Å². The third-order valence-corrected chi connectivity index (χ3v) is 2.55. The van der Waals surface area contributed by atoms with Gasteiger partial charge in [0.25, 0.3) is 0 Å². The van der Waals surface area contributed by atoms with Crippen molar-refractivity contribution in [2.45, 2.75) is 27.4 Å². The summed E-state index contributed by atoms with van der Waals surface area (Å²) < 4.78 is 5.65. The van der Waals surface area contributed by atoms with E-state index in [1.807, 2.05) is 33.0 Å². The summed E-state index contributed by atoms with van der Waals surface area (Å²) in [5, 5.41) is 3.06. The number of rotatable bonds is 5. The van der Waals surface area contributed by atoms with Crippen LogP contribution < -0.4 is 5.32 Å². The minimum atomic E-state index is 0.620. The van der Waals surface area contributed by atoms with E-state index in [2.05, 4.69) is 36.5 Å². The summed E-state index contributed by atoms with van der Waals surface area (Å²) in [4.78, 5) is 0. The molecule has 0 amide bonds. The number of hydrogen-bond donors (Lipinski definition) is 1. The van der Waals surface area contributed by atoms with Gasteiger partial charge in [-0.2, -0.15) is 0 Å². The van der Waals surface area contributed by atoms with Gasteiger partial charge in [-0.1, -0.05) is 29.8 Å². The minimum Gasteiger partial charge on any atom is -0.494 e. The Balaban J connectivity index is 2.48. The Kier molecular flexibility index (Phi) is 5.34. The Morgan fingerprint density at radius 1 is 1.18 bits per heavy atom. The van der Waals surface area contributed by atoms with Crippen LogP contribution in [0.4, 0.5) is 0 Å². The highest BCUT2D eigenvalue weighted by molar-refractivity contribution is 5.21. The quantitative estimate of drug-likeness (QED) is 0.618. The van der Waals surface area contributed by atoms with Gasteiger partial charge in [0.05, 0.1) is 5.76 Å². The molecule has 2 heteroatoms. The lowest BCUT2D eigenvalue weighted by molar-refractivity contribution is 0.201. The summed E-state index contributed by atoms with van der Waals surface area (Å²) >= 11 is 0. The summed E-state index contributed by atoms with van der Waals surface area (Å²) in [5.74, 6) is 0.917. The van der Waals surface area contributed by atoms with Gasteiger partial charge in [-0.3, -0.25) is 0 Å². The van der Waals surface area contributed by atoms with Crippen LogP contribution in [0.1, 0.15) is 25.0 Å². The van der Waals surface area contributed by atoms with Gasteiger partial charge in [-0.15, -0.1) is 0 Å². The molecule has 0 fully saturated rings. The second-order valence-electron chi connectivity index (χ2n) is 4.15. The molecule has 1 aromatic rings. The van der Waals surface area contributed by atoms with Gasteiger partial charge in [0.15, 0.2) is 0 Å². The van der Waals surface area contributed by atoms with Crippen LogP contribution in [0.2, 0.25) is 0 Å². The highest BCUT2D eigenvalue weighted by Gasteiger charge is 1.93. The van der Waals surface area contributed by atoms with E-state index < -0.39 is 0 Å². The third kappa shape index (κ3) is 5.25. The number of benzene rings is 1. The van der Waals surface area contributed by atoms with Crippen LogP contribution in [0, 0.1) is 6.92 Å². The molecule has 1 N–H and O–H groups in total. The minimum absolute atomic E-state index is 0.620. The van der Waals surface area contributed by atoms with Crippen molar-refractivity contribution in [3.63, 3.8) is 0 Å². The van der Waals surface area contributed by atoms with Crippen LogP contribution in [-0.2, 0) is 11.3 Å². The van der Waals surface area contributed by atoms with Crippen LogP contribution >= 0.6 is 0 Å². The van der Waals surface area contributed by atoms with Crippen LogP contribution in [0.3, 0.4) is 0 Å². The Morgan fingerprint density at radius 3 is 2.41 bits per heavy atom. The first-order chi connectivity index (χ1) is 8.11. The van der Waals surface area contributed by atoms with E-state index in [0.29, 0.717) is 6.61 Å². The SMILES string of the molecule is CN/C(C)=C/C=C(\C)OCc1ccc(C)cc1. The van der Waals surface area contributed by atoms with Crippen LogP contribution in [0.25, 0.3) is 0 Å². The fourth-order valence-corrected chi connectivity index (χ4v) is 1.26. The molecule has 92 valence electrons. The van der Waals surface area contributed by atoms with Gasteiger partial charge in [0.2, 0.25) is 0 Å². The second kappa shape index (κ2) is 6.79. The van der Waals surface area contributed by atoms with E-state index in [0.717, 1.165) is 11.5 Å². The average Bonchev–Trinajstić information content (AvgIpc) is 2.35. The van der Waals surface area contributed by atoms with Crippen LogP contribution in [0.5, 0.6) is 0 Å². The molecule has 0 heterocycles. The maximum Gasteiger partial charge on any atom is 0.113 e. The first kappa shape index (κ1) is 13.4. The third-order valence-electron chi connectivity index (χ3n) is 2.55. The van der Waals surface area contributed by atoms with Crippen molar-refractivity contribution >= 4 is 0 Å². The summed E-state index contributed by atoms with van der Waals surface area (Å²) in [6, 6.07) is 8.39. The zero-order chi connectivity index (χ0) is 12.7.